The largest absolute Gasteiger partial charge is 0.389 e. The Hall–Kier alpha value is -0.960. The molecule has 0 spiro atoms. The summed E-state index contributed by atoms with van der Waals surface area (Å²) in [4.78, 5) is 0.0955. The Balaban J connectivity index is 3.15. The fraction of sp³-hybridized carbons (Fsp3) is 0. The third-order valence-corrected chi connectivity index (χ3v) is 1.36. The lowest BCUT2D eigenvalue weighted by Crippen LogP contribution is -2.10. The van der Waals surface area contributed by atoms with Crippen LogP contribution >= 0.6 is 12.2 Å². The molecule has 0 fully saturated rings. The van der Waals surface area contributed by atoms with Crippen molar-refractivity contribution in [3.63, 3.8) is 0 Å². The maximum absolute atomic E-state index is 12.7. The highest BCUT2D eigenvalue weighted by Crippen LogP contribution is 2.04. The number of benzene rings is 1. The van der Waals surface area contributed by atoms with Crippen molar-refractivity contribution in [1.82, 2.24) is 0 Å². The molecule has 1 rings (SSSR count). The lowest BCUT2D eigenvalue weighted by Gasteiger charge is -1.96. The van der Waals surface area contributed by atoms with Crippen LogP contribution in [0.1, 0.15) is 5.56 Å². The molecule has 3 heteroatoms. The van der Waals surface area contributed by atoms with E-state index >= 15 is 0 Å². The first-order chi connectivity index (χ1) is 4.72. The van der Waals surface area contributed by atoms with Crippen LogP contribution in [-0.4, -0.2) is 4.99 Å². The molecule has 0 aliphatic rings. The molecule has 2 N–H and O–H groups in total. The van der Waals surface area contributed by atoms with Gasteiger partial charge < -0.3 is 5.73 Å². The van der Waals surface area contributed by atoms with Crippen molar-refractivity contribution >= 4 is 17.2 Å². The normalized spacial score (nSPS) is 9.30. The summed E-state index contributed by atoms with van der Waals surface area (Å²) in [5.41, 5.74) is 5.51. The maximum atomic E-state index is 12.7. The summed E-state index contributed by atoms with van der Waals surface area (Å²) in [6, 6.07) is 6.17. The van der Waals surface area contributed by atoms with Crippen molar-refractivity contribution in [2.45, 2.75) is 0 Å². The van der Waals surface area contributed by atoms with Crippen LogP contribution in [-0.2, 0) is 0 Å². The lowest BCUT2D eigenvalue weighted by atomic mass is 10.2. The Morgan fingerprint density at radius 1 is 1.40 bits per heavy atom. The molecule has 10 heavy (non-hydrogen) atoms. The van der Waals surface area contributed by atoms with Gasteiger partial charge in [0, 0.05) is 5.56 Å². The fourth-order valence-corrected chi connectivity index (χ4v) is 0.827. The highest BCUT2D eigenvalue weighted by atomic mass is 32.1. The predicted molar refractivity (Wildman–Crippen MR) is 42.3 cm³/mol. The van der Waals surface area contributed by atoms with Crippen molar-refractivity contribution in [3.05, 3.63) is 35.6 Å². The summed E-state index contributed by atoms with van der Waals surface area (Å²) in [5, 5.41) is 0. The molecule has 1 nitrogen and oxygen atoms in total. The first-order valence-corrected chi connectivity index (χ1v) is 3.17. The van der Waals surface area contributed by atoms with E-state index in [1.807, 2.05) is 0 Å². The summed E-state index contributed by atoms with van der Waals surface area (Å²) < 4.78 is 12.7. The third kappa shape index (κ3) is 1.30. The lowest BCUT2D eigenvalue weighted by molar-refractivity contribution is 0.625. The SMILES string of the molecule is NC(=S)c1ccccc1F. The van der Waals surface area contributed by atoms with Crippen LogP contribution in [0.5, 0.6) is 0 Å². The molecule has 0 unspecified atom stereocenters. The number of hydrogen-bond acceptors (Lipinski definition) is 1. The molecule has 0 amide bonds. The third-order valence-electron chi connectivity index (χ3n) is 1.14. The van der Waals surface area contributed by atoms with Gasteiger partial charge in [-0.2, -0.15) is 0 Å². The van der Waals surface area contributed by atoms with Crippen LogP contribution in [0.2, 0.25) is 0 Å². The topological polar surface area (TPSA) is 26.0 Å². The van der Waals surface area contributed by atoms with Crippen LogP contribution in [0.4, 0.5) is 4.39 Å². The molecule has 1 aromatic carbocycles. The van der Waals surface area contributed by atoms with Gasteiger partial charge >= 0.3 is 0 Å². The second-order valence-corrected chi connectivity index (χ2v) is 2.28. The summed E-state index contributed by atoms with van der Waals surface area (Å²) in [6.45, 7) is 0. The molecule has 52 valence electrons. The number of thiocarbonyl (C=S) groups is 1. The number of halogens is 1. The monoisotopic (exact) mass is 155 g/mol. The molecule has 0 radical (unpaired) electrons. The Bertz CT molecular complexity index is 260. The first kappa shape index (κ1) is 7.15. The molecular weight excluding hydrogens is 149 g/mol. The zero-order valence-corrected chi connectivity index (χ0v) is 5.99. The number of rotatable bonds is 1. The van der Waals surface area contributed by atoms with E-state index in [4.69, 9.17) is 5.73 Å². The molecule has 0 heterocycles. The van der Waals surface area contributed by atoms with Gasteiger partial charge in [-0.3, -0.25) is 0 Å². The molecule has 0 saturated heterocycles. The van der Waals surface area contributed by atoms with Crippen molar-refractivity contribution in [1.29, 1.82) is 0 Å². The van der Waals surface area contributed by atoms with Gasteiger partial charge in [0.1, 0.15) is 10.8 Å². The second-order valence-electron chi connectivity index (χ2n) is 1.84. The van der Waals surface area contributed by atoms with Crippen molar-refractivity contribution < 1.29 is 4.39 Å². The van der Waals surface area contributed by atoms with Gasteiger partial charge in [-0.1, -0.05) is 24.4 Å². The number of hydrogen-bond donors (Lipinski definition) is 1. The van der Waals surface area contributed by atoms with E-state index in [1.165, 1.54) is 6.07 Å². The van der Waals surface area contributed by atoms with Gasteiger partial charge in [0.25, 0.3) is 0 Å². The summed E-state index contributed by atoms with van der Waals surface area (Å²) in [6.07, 6.45) is 0. The minimum absolute atomic E-state index is 0.0955. The average Bonchev–Trinajstić information content (AvgIpc) is 1.88. The van der Waals surface area contributed by atoms with Crippen LogP contribution < -0.4 is 5.73 Å². The van der Waals surface area contributed by atoms with Crippen molar-refractivity contribution in [3.8, 4) is 0 Å². The Morgan fingerprint density at radius 3 is 2.40 bits per heavy atom. The Morgan fingerprint density at radius 2 is 2.00 bits per heavy atom. The van der Waals surface area contributed by atoms with Crippen LogP contribution in [0.3, 0.4) is 0 Å². The van der Waals surface area contributed by atoms with E-state index in [9.17, 15) is 4.39 Å². The fourth-order valence-electron chi connectivity index (χ4n) is 0.661. The van der Waals surface area contributed by atoms with E-state index in [1.54, 1.807) is 18.2 Å². The molecule has 0 saturated carbocycles. The van der Waals surface area contributed by atoms with Crippen LogP contribution in [0.25, 0.3) is 0 Å². The van der Waals surface area contributed by atoms with Gasteiger partial charge in [0.2, 0.25) is 0 Å². The highest BCUT2D eigenvalue weighted by molar-refractivity contribution is 7.80. The maximum Gasteiger partial charge on any atom is 0.133 e. The first-order valence-electron chi connectivity index (χ1n) is 2.76. The quantitative estimate of drug-likeness (QED) is 0.621. The van der Waals surface area contributed by atoms with Crippen LogP contribution in [0, 0.1) is 5.82 Å². The van der Waals surface area contributed by atoms with E-state index < -0.39 is 0 Å². The summed E-state index contributed by atoms with van der Waals surface area (Å²) in [5.74, 6) is -0.366. The van der Waals surface area contributed by atoms with Gasteiger partial charge in [-0.05, 0) is 12.1 Å². The Labute approximate surface area is 63.7 Å². The smallest absolute Gasteiger partial charge is 0.133 e. The zero-order valence-electron chi connectivity index (χ0n) is 5.17. The van der Waals surface area contributed by atoms with E-state index in [0.29, 0.717) is 5.56 Å². The standard InChI is InChI=1S/C7H6FNS/c8-6-4-2-1-3-5(6)7(9)10/h1-4H,(H2,9,10). The Kier molecular flexibility index (Phi) is 1.97. The average molecular weight is 155 g/mol. The number of nitrogens with two attached hydrogens (primary N) is 1. The van der Waals surface area contributed by atoms with Crippen molar-refractivity contribution in [2.24, 2.45) is 5.73 Å². The van der Waals surface area contributed by atoms with E-state index in [0.717, 1.165) is 0 Å². The van der Waals surface area contributed by atoms with E-state index in [-0.39, 0.29) is 10.8 Å². The molecule has 0 atom stereocenters. The van der Waals surface area contributed by atoms with Gasteiger partial charge in [0.15, 0.2) is 0 Å². The molecule has 0 bridgehead atoms. The second kappa shape index (κ2) is 2.75. The zero-order chi connectivity index (χ0) is 7.56. The van der Waals surface area contributed by atoms with Crippen LogP contribution in [0.15, 0.2) is 24.3 Å². The van der Waals surface area contributed by atoms with Gasteiger partial charge in [-0.15, -0.1) is 0 Å². The summed E-state index contributed by atoms with van der Waals surface area (Å²) >= 11 is 4.59. The minimum Gasteiger partial charge on any atom is -0.389 e. The van der Waals surface area contributed by atoms with E-state index in [2.05, 4.69) is 12.2 Å². The molecule has 1 aromatic rings. The molecule has 0 aliphatic heterocycles. The molecule has 0 aliphatic carbocycles. The molecule has 0 aromatic heterocycles. The minimum atomic E-state index is -0.366. The van der Waals surface area contributed by atoms with Gasteiger partial charge in [-0.25, -0.2) is 4.39 Å². The predicted octanol–water partition coefficient (Wildman–Crippen LogP) is 1.46. The van der Waals surface area contributed by atoms with Crippen molar-refractivity contribution in [2.75, 3.05) is 0 Å². The highest BCUT2D eigenvalue weighted by Gasteiger charge is 2.00. The summed E-state index contributed by atoms with van der Waals surface area (Å²) in [7, 11) is 0. The molecular formula is C7H6FNS. The van der Waals surface area contributed by atoms with Gasteiger partial charge in [0.05, 0.1) is 0 Å².